The van der Waals surface area contributed by atoms with Crippen molar-refractivity contribution in [2.45, 2.75) is 12.5 Å². The summed E-state index contributed by atoms with van der Waals surface area (Å²) < 4.78 is 5.63. The quantitative estimate of drug-likeness (QED) is 0.865. The molecule has 1 aromatic carbocycles. The predicted molar refractivity (Wildman–Crippen MR) is 87.3 cm³/mol. The molecule has 1 aliphatic rings. The number of aromatic nitrogens is 2. The molecule has 7 nitrogen and oxygen atoms in total. The smallest absolute Gasteiger partial charge is 0.224 e. The first-order valence-corrected chi connectivity index (χ1v) is 7.69. The number of carbonyl (C=O) groups is 1. The number of ether oxygens (including phenoxy) is 1. The van der Waals surface area contributed by atoms with E-state index in [4.69, 9.17) is 10.00 Å². The maximum absolute atomic E-state index is 12.1. The van der Waals surface area contributed by atoms with Crippen LogP contribution in [0.4, 0.5) is 5.82 Å². The maximum Gasteiger partial charge on any atom is 0.224 e. The van der Waals surface area contributed by atoms with Gasteiger partial charge >= 0.3 is 0 Å². The van der Waals surface area contributed by atoms with Gasteiger partial charge in [0.15, 0.2) is 5.69 Å². The zero-order valence-electron chi connectivity index (χ0n) is 13.1. The number of nitrogens with zero attached hydrogens (tertiary/aromatic N) is 4. The van der Waals surface area contributed by atoms with Crippen LogP contribution >= 0.6 is 0 Å². The van der Waals surface area contributed by atoms with Crippen LogP contribution in [-0.4, -0.2) is 46.5 Å². The molecule has 1 aliphatic heterocycles. The number of nitriles is 1. The molecule has 1 N–H and O–H groups in total. The molecule has 2 heterocycles. The fourth-order valence-corrected chi connectivity index (χ4v) is 2.54. The molecule has 0 spiro atoms. The van der Waals surface area contributed by atoms with E-state index in [1.807, 2.05) is 36.4 Å². The topological polar surface area (TPSA) is 91.1 Å². The van der Waals surface area contributed by atoms with Crippen molar-refractivity contribution >= 4 is 11.7 Å². The predicted octanol–water partition coefficient (Wildman–Crippen LogP) is 1.44. The van der Waals surface area contributed by atoms with Gasteiger partial charge in [-0.25, -0.2) is 9.97 Å². The second-order valence-electron chi connectivity index (χ2n) is 5.45. The molecule has 1 fully saturated rings. The van der Waals surface area contributed by atoms with E-state index in [9.17, 15) is 4.79 Å². The van der Waals surface area contributed by atoms with E-state index in [0.717, 1.165) is 5.75 Å². The number of anilines is 1. The minimum Gasteiger partial charge on any atom is -0.492 e. The summed E-state index contributed by atoms with van der Waals surface area (Å²) in [4.78, 5) is 21.9. The Kier molecular flexibility index (Phi) is 4.87. The van der Waals surface area contributed by atoms with Crippen molar-refractivity contribution in [2.75, 3.05) is 25.0 Å². The second-order valence-corrected chi connectivity index (χ2v) is 5.45. The van der Waals surface area contributed by atoms with E-state index >= 15 is 0 Å². The third-order valence-corrected chi connectivity index (χ3v) is 3.71. The number of hydrogen-bond acceptors (Lipinski definition) is 6. The molecule has 1 aromatic heterocycles. The zero-order chi connectivity index (χ0) is 16.8. The van der Waals surface area contributed by atoms with Crippen LogP contribution in [0, 0.1) is 11.3 Å². The highest BCUT2D eigenvalue weighted by Gasteiger charge is 2.29. The molecule has 0 aliphatic carbocycles. The largest absolute Gasteiger partial charge is 0.492 e. The first-order valence-electron chi connectivity index (χ1n) is 7.69. The van der Waals surface area contributed by atoms with E-state index in [1.54, 1.807) is 4.90 Å². The van der Waals surface area contributed by atoms with Gasteiger partial charge in [0.25, 0.3) is 0 Å². The fraction of sp³-hybridized carbons (Fsp3) is 0.294. The normalized spacial score (nSPS) is 16.7. The van der Waals surface area contributed by atoms with Gasteiger partial charge in [-0.2, -0.15) is 5.26 Å². The van der Waals surface area contributed by atoms with Gasteiger partial charge in [-0.05, 0) is 12.1 Å². The van der Waals surface area contributed by atoms with Crippen LogP contribution in [0.1, 0.15) is 12.1 Å². The standard InChI is InChI=1S/C17H17N5O2/c18-9-14-10-20-16(11-19-14)21-13-8-17(23)22(12-13)6-7-24-15-4-2-1-3-5-15/h1-5,10-11,13H,6-8,12H2,(H,20,21)/t13-/m0/s1. The third-order valence-electron chi connectivity index (χ3n) is 3.71. The van der Waals surface area contributed by atoms with Gasteiger partial charge < -0.3 is 15.0 Å². The summed E-state index contributed by atoms with van der Waals surface area (Å²) >= 11 is 0. The number of benzene rings is 1. The molecule has 0 saturated carbocycles. The van der Waals surface area contributed by atoms with Gasteiger partial charge in [0, 0.05) is 13.0 Å². The molecular formula is C17H17N5O2. The highest BCUT2D eigenvalue weighted by Crippen LogP contribution is 2.15. The lowest BCUT2D eigenvalue weighted by Crippen LogP contribution is -2.31. The van der Waals surface area contributed by atoms with Crippen LogP contribution in [0.5, 0.6) is 5.75 Å². The first-order chi connectivity index (χ1) is 11.7. The summed E-state index contributed by atoms with van der Waals surface area (Å²) in [6, 6.07) is 11.4. The summed E-state index contributed by atoms with van der Waals surface area (Å²) in [6.45, 7) is 1.60. The van der Waals surface area contributed by atoms with Crippen LogP contribution in [0.2, 0.25) is 0 Å². The Hall–Kier alpha value is -3.14. The van der Waals surface area contributed by atoms with Crippen LogP contribution in [0.15, 0.2) is 42.7 Å². The van der Waals surface area contributed by atoms with Crippen molar-refractivity contribution in [3.05, 3.63) is 48.4 Å². The number of amides is 1. The second kappa shape index (κ2) is 7.42. The fourth-order valence-electron chi connectivity index (χ4n) is 2.54. The summed E-state index contributed by atoms with van der Waals surface area (Å²) in [7, 11) is 0. The van der Waals surface area contributed by atoms with Crippen LogP contribution < -0.4 is 10.1 Å². The van der Waals surface area contributed by atoms with Gasteiger partial charge in [-0.15, -0.1) is 0 Å². The van der Waals surface area contributed by atoms with E-state index in [1.165, 1.54) is 12.4 Å². The molecule has 1 amide bonds. The summed E-state index contributed by atoms with van der Waals surface area (Å²) in [5.41, 5.74) is 0.266. The number of nitrogens with one attached hydrogen (secondary N) is 1. The van der Waals surface area contributed by atoms with Gasteiger partial charge in [-0.1, -0.05) is 18.2 Å². The van der Waals surface area contributed by atoms with Gasteiger partial charge in [0.1, 0.15) is 24.2 Å². The van der Waals surface area contributed by atoms with Crippen molar-refractivity contribution < 1.29 is 9.53 Å². The minimum absolute atomic E-state index is 0.0172. The van der Waals surface area contributed by atoms with Crippen molar-refractivity contribution in [2.24, 2.45) is 0 Å². The molecule has 0 unspecified atom stereocenters. The molecule has 1 atom stereocenters. The maximum atomic E-state index is 12.1. The Labute approximate surface area is 139 Å². The average molecular weight is 323 g/mol. The van der Waals surface area contributed by atoms with Crippen LogP contribution in [-0.2, 0) is 4.79 Å². The molecule has 0 bridgehead atoms. The number of rotatable bonds is 6. The Morgan fingerprint density at radius 3 is 2.83 bits per heavy atom. The Morgan fingerprint density at radius 2 is 2.12 bits per heavy atom. The highest BCUT2D eigenvalue weighted by molar-refractivity contribution is 5.79. The van der Waals surface area contributed by atoms with E-state index in [0.29, 0.717) is 31.9 Å². The highest BCUT2D eigenvalue weighted by atomic mass is 16.5. The van der Waals surface area contributed by atoms with Crippen molar-refractivity contribution in [1.82, 2.24) is 14.9 Å². The summed E-state index contributed by atoms with van der Waals surface area (Å²) in [5.74, 6) is 1.45. The Balaban J connectivity index is 1.47. The van der Waals surface area contributed by atoms with E-state index in [2.05, 4.69) is 15.3 Å². The molecular weight excluding hydrogens is 306 g/mol. The summed E-state index contributed by atoms with van der Waals surface area (Å²) in [6.07, 6.45) is 3.32. The summed E-state index contributed by atoms with van der Waals surface area (Å²) in [5, 5.41) is 11.9. The SMILES string of the molecule is N#Cc1cnc(N[C@H]2CC(=O)N(CCOc3ccccc3)C2)cn1. The number of likely N-dealkylation sites (tertiary alicyclic amines) is 1. The van der Waals surface area contributed by atoms with Gasteiger partial charge in [-0.3, -0.25) is 4.79 Å². The molecule has 3 rings (SSSR count). The lowest BCUT2D eigenvalue weighted by atomic mass is 10.2. The van der Waals surface area contributed by atoms with E-state index < -0.39 is 0 Å². The van der Waals surface area contributed by atoms with E-state index in [-0.39, 0.29) is 17.6 Å². The van der Waals surface area contributed by atoms with Gasteiger partial charge in [0.2, 0.25) is 5.91 Å². The lowest BCUT2D eigenvalue weighted by molar-refractivity contribution is -0.128. The Morgan fingerprint density at radius 1 is 1.29 bits per heavy atom. The first kappa shape index (κ1) is 15.7. The molecule has 1 saturated heterocycles. The van der Waals surface area contributed by atoms with Gasteiger partial charge in [0.05, 0.1) is 25.0 Å². The molecule has 0 radical (unpaired) electrons. The molecule has 122 valence electrons. The Bertz CT molecular complexity index is 727. The molecule has 2 aromatic rings. The van der Waals surface area contributed by atoms with Crippen molar-refractivity contribution in [3.63, 3.8) is 0 Å². The molecule has 24 heavy (non-hydrogen) atoms. The zero-order valence-corrected chi connectivity index (χ0v) is 13.1. The van der Waals surface area contributed by atoms with Crippen molar-refractivity contribution in [1.29, 1.82) is 5.26 Å². The monoisotopic (exact) mass is 323 g/mol. The van der Waals surface area contributed by atoms with Crippen molar-refractivity contribution in [3.8, 4) is 11.8 Å². The number of carbonyl (C=O) groups excluding carboxylic acids is 1. The minimum atomic E-state index is -0.0172. The average Bonchev–Trinajstić information content (AvgIpc) is 2.96. The number of para-hydroxylation sites is 1. The van der Waals surface area contributed by atoms with Crippen LogP contribution in [0.25, 0.3) is 0 Å². The third kappa shape index (κ3) is 3.98. The van der Waals surface area contributed by atoms with Crippen LogP contribution in [0.3, 0.4) is 0 Å². The number of hydrogen-bond donors (Lipinski definition) is 1. The molecule has 7 heteroatoms. The lowest BCUT2D eigenvalue weighted by Gasteiger charge is -2.17.